The number of carbonyl (C=O) groups is 1. The number of rotatable bonds is 10. The first-order valence-electron chi connectivity index (χ1n) is 7.81. The molecule has 0 radical (unpaired) electrons. The molecule has 0 aliphatic rings. The smallest absolute Gasteiger partial charge is 0.338 e. The first-order valence-corrected chi connectivity index (χ1v) is 9.54. The molecule has 1 N–H and O–H groups in total. The van der Waals surface area contributed by atoms with Crippen molar-refractivity contribution >= 4 is 13.6 Å². The molecule has 0 spiro atoms. The lowest BCUT2D eigenvalue weighted by molar-refractivity contribution is -0.142. The molecular weight excluding hydrogens is 346 g/mol. The van der Waals surface area contributed by atoms with E-state index in [2.05, 4.69) is 0 Å². The molecule has 0 aliphatic carbocycles. The van der Waals surface area contributed by atoms with Gasteiger partial charge < -0.3 is 14.2 Å². The van der Waals surface area contributed by atoms with Crippen molar-refractivity contribution in [1.82, 2.24) is 0 Å². The van der Waals surface area contributed by atoms with Gasteiger partial charge in [-0.2, -0.15) is 0 Å². The third-order valence-electron chi connectivity index (χ3n) is 3.47. The van der Waals surface area contributed by atoms with Gasteiger partial charge in [0.05, 0.1) is 19.4 Å². The molecule has 1 unspecified atom stereocenters. The van der Waals surface area contributed by atoms with Crippen molar-refractivity contribution in [3.05, 3.63) is 71.8 Å². The minimum absolute atomic E-state index is 0.0386. The summed E-state index contributed by atoms with van der Waals surface area (Å²) in [6.45, 7) is 0.0772. The van der Waals surface area contributed by atoms with Gasteiger partial charge in [-0.1, -0.05) is 60.7 Å². The molecule has 5 nitrogen and oxygen atoms in total. The highest BCUT2D eigenvalue weighted by Crippen LogP contribution is 2.50. The van der Waals surface area contributed by atoms with E-state index >= 15 is 0 Å². The zero-order valence-corrected chi connectivity index (χ0v) is 14.5. The van der Waals surface area contributed by atoms with Gasteiger partial charge in [-0.15, -0.1) is 0 Å². The number of alkyl halides is 1. The van der Waals surface area contributed by atoms with E-state index in [9.17, 15) is 13.8 Å². The number of halogens is 1. The standard InChI is InChI=1S/C18H20FO5P/c19-17(18(20)21)11-12-25(22,23-13-15-7-3-1-4-8-15)24-14-16-9-5-2-6-10-16/h1-10,17H,11-14H2,(H,20,21). The molecule has 7 heteroatoms. The Balaban J connectivity index is 2.01. The van der Waals surface area contributed by atoms with Gasteiger partial charge >= 0.3 is 13.6 Å². The summed E-state index contributed by atoms with van der Waals surface area (Å²) in [6.07, 6.45) is -2.84. The van der Waals surface area contributed by atoms with Crippen molar-refractivity contribution in [2.45, 2.75) is 25.8 Å². The first kappa shape index (κ1) is 19.3. The van der Waals surface area contributed by atoms with Crippen molar-refractivity contribution < 1.29 is 27.9 Å². The lowest BCUT2D eigenvalue weighted by Gasteiger charge is -2.19. The van der Waals surface area contributed by atoms with Crippen LogP contribution in [0.1, 0.15) is 17.5 Å². The summed E-state index contributed by atoms with van der Waals surface area (Å²) in [4.78, 5) is 10.6. The summed E-state index contributed by atoms with van der Waals surface area (Å²) < 4.78 is 37.1. The molecule has 2 rings (SSSR count). The molecule has 0 amide bonds. The second-order valence-electron chi connectivity index (χ2n) is 5.45. The average Bonchev–Trinajstić information content (AvgIpc) is 2.65. The summed E-state index contributed by atoms with van der Waals surface area (Å²) in [5.74, 6) is -1.59. The topological polar surface area (TPSA) is 72.8 Å². The zero-order valence-electron chi connectivity index (χ0n) is 13.6. The van der Waals surface area contributed by atoms with Crippen molar-refractivity contribution in [3.63, 3.8) is 0 Å². The number of carboxylic acid groups (broad SMARTS) is 1. The summed E-state index contributed by atoms with van der Waals surface area (Å²) in [5.41, 5.74) is 1.59. The van der Waals surface area contributed by atoms with E-state index in [-0.39, 0.29) is 19.4 Å². The molecule has 2 aromatic carbocycles. The number of benzene rings is 2. The lowest BCUT2D eigenvalue weighted by Crippen LogP contribution is -2.16. The lowest BCUT2D eigenvalue weighted by atomic mass is 10.2. The zero-order chi connectivity index (χ0) is 18.1. The minimum atomic E-state index is -3.65. The van der Waals surface area contributed by atoms with Crippen LogP contribution in [0.2, 0.25) is 0 Å². The Labute approximate surface area is 145 Å². The molecule has 25 heavy (non-hydrogen) atoms. The van der Waals surface area contributed by atoms with E-state index in [0.29, 0.717) is 0 Å². The SMILES string of the molecule is O=C(O)C(F)CCP(=O)(OCc1ccccc1)OCc1ccccc1. The monoisotopic (exact) mass is 366 g/mol. The van der Waals surface area contributed by atoms with E-state index in [1.165, 1.54) is 0 Å². The largest absolute Gasteiger partial charge is 0.479 e. The number of hydrogen-bond donors (Lipinski definition) is 1. The third-order valence-corrected chi connectivity index (χ3v) is 5.32. The van der Waals surface area contributed by atoms with Gasteiger partial charge in [0.25, 0.3) is 0 Å². The maximum atomic E-state index is 13.4. The molecule has 0 aliphatic heterocycles. The van der Waals surface area contributed by atoms with E-state index in [1.807, 2.05) is 36.4 Å². The van der Waals surface area contributed by atoms with Crippen LogP contribution < -0.4 is 0 Å². The van der Waals surface area contributed by atoms with Gasteiger partial charge in [0, 0.05) is 6.42 Å². The van der Waals surface area contributed by atoms with Crippen LogP contribution in [0.25, 0.3) is 0 Å². The normalized spacial score (nSPS) is 12.7. The predicted octanol–water partition coefficient (Wildman–Crippen LogP) is 4.43. The maximum absolute atomic E-state index is 13.4. The molecule has 134 valence electrons. The van der Waals surface area contributed by atoms with Crippen LogP contribution in [0.4, 0.5) is 4.39 Å². The summed E-state index contributed by atoms with van der Waals surface area (Å²) in [5, 5.41) is 8.65. The highest BCUT2D eigenvalue weighted by Gasteiger charge is 2.28. The minimum Gasteiger partial charge on any atom is -0.479 e. The van der Waals surface area contributed by atoms with E-state index in [4.69, 9.17) is 14.2 Å². The van der Waals surface area contributed by atoms with Gasteiger partial charge in [-0.05, 0) is 11.1 Å². The second kappa shape index (κ2) is 9.47. The Hall–Kier alpha value is -2.01. The molecule has 0 heterocycles. The molecule has 0 bridgehead atoms. The molecule has 0 aromatic heterocycles. The van der Waals surface area contributed by atoms with Crippen LogP contribution in [0.15, 0.2) is 60.7 Å². The highest BCUT2D eigenvalue weighted by atomic mass is 31.2. The second-order valence-corrected chi connectivity index (χ2v) is 7.63. The van der Waals surface area contributed by atoms with Gasteiger partial charge in [-0.3, -0.25) is 4.57 Å². The van der Waals surface area contributed by atoms with E-state index in [1.54, 1.807) is 24.3 Å². The van der Waals surface area contributed by atoms with Crippen LogP contribution in [-0.2, 0) is 31.6 Å². The Morgan fingerprint density at radius 3 is 1.80 bits per heavy atom. The fourth-order valence-corrected chi connectivity index (χ4v) is 3.62. The van der Waals surface area contributed by atoms with E-state index < -0.39 is 26.2 Å². The Morgan fingerprint density at radius 2 is 1.40 bits per heavy atom. The van der Waals surface area contributed by atoms with Crippen LogP contribution in [-0.4, -0.2) is 23.4 Å². The number of hydrogen-bond acceptors (Lipinski definition) is 4. The van der Waals surface area contributed by atoms with Gasteiger partial charge in [-0.25, -0.2) is 9.18 Å². The first-order chi connectivity index (χ1) is 12.0. The van der Waals surface area contributed by atoms with E-state index in [0.717, 1.165) is 11.1 Å². The molecule has 0 saturated heterocycles. The van der Waals surface area contributed by atoms with Crippen molar-refractivity contribution in [1.29, 1.82) is 0 Å². The predicted molar refractivity (Wildman–Crippen MR) is 92.1 cm³/mol. The molecular formula is C18H20FO5P. The Kier molecular flexibility index (Phi) is 7.31. The van der Waals surface area contributed by atoms with Crippen LogP contribution in [0.3, 0.4) is 0 Å². The van der Waals surface area contributed by atoms with Crippen LogP contribution in [0.5, 0.6) is 0 Å². The molecule has 0 fully saturated rings. The Morgan fingerprint density at radius 1 is 0.960 bits per heavy atom. The number of carboxylic acids is 1. The molecule has 1 atom stereocenters. The quantitative estimate of drug-likeness (QED) is 0.630. The van der Waals surface area contributed by atoms with Gasteiger partial charge in [0.1, 0.15) is 0 Å². The molecule has 2 aromatic rings. The third kappa shape index (κ3) is 6.78. The average molecular weight is 366 g/mol. The van der Waals surface area contributed by atoms with Crippen molar-refractivity contribution in [2.24, 2.45) is 0 Å². The number of aliphatic carboxylic acids is 1. The van der Waals surface area contributed by atoms with Crippen molar-refractivity contribution in [2.75, 3.05) is 6.16 Å². The van der Waals surface area contributed by atoms with Gasteiger partial charge in [0.2, 0.25) is 0 Å². The van der Waals surface area contributed by atoms with Crippen LogP contribution >= 0.6 is 7.60 Å². The molecule has 0 saturated carbocycles. The Bertz CT molecular complexity index is 660. The van der Waals surface area contributed by atoms with Gasteiger partial charge in [0.15, 0.2) is 6.17 Å². The summed E-state index contributed by atoms with van der Waals surface area (Å²) in [6, 6.07) is 18.2. The maximum Gasteiger partial charge on any atom is 0.338 e. The fraction of sp³-hybridized carbons (Fsp3) is 0.278. The summed E-state index contributed by atoms with van der Waals surface area (Å²) >= 11 is 0. The van der Waals surface area contributed by atoms with Crippen molar-refractivity contribution in [3.8, 4) is 0 Å². The highest BCUT2D eigenvalue weighted by molar-refractivity contribution is 7.53. The summed E-state index contributed by atoms with van der Waals surface area (Å²) in [7, 11) is -3.65. The fourth-order valence-electron chi connectivity index (χ4n) is 2.06. The van der Waals surface area contributed by atoms with Crippen LogP contribution in [0, 0.1) is 0 Å².